The number of nitrogens with one attached hydrogen (secondary N) is 2. The van der Waals surface area contributed by atoms with Gasteiger partial charge in [-0.25, -0.2) is 4.98 Å². The first-order valence-electron chi connectivity index (χ1n) is 5.19. The average Bonchev–Trinajstić information content (AvgIpc) is 2.69. The van der Waals surface area contributed by atoms with Crippen LogP contribution < -0.4 is 5.32 Å². The lowest BCUT2D eigenvalue weighted by molar-refractivity contribution is 0.143. The second-order valence-electron chi connectivity index (χ2n) is 3.16. The van der Waals surface area contributed by atoms with Crippen LogP contribution in [0.3, 0.4) is 0 Å². The molecule has 0 saturated heterocycles. The molecule has 0 aromatic carbocycles. The Kier molecular flexibility index (Phi) is 6.02. The van der Waals surface area contributed by atoms with E-state index in [1.807, 2.05) is 13.1 Å². The number of imidazole rings is 1. The normalized spacial score (nSPS) is 10.6. The van der Waals surface area contributed by atoms with Crippen LogP contribution >= 0.6 is 0 Å². The van der Waals surface area contributed by atoms with Crippen molar-refractivity contribution in [1.82, 2.24) is 15.3 Å². The molecule has 0 bridgehead atoms. The molecule has 0 spiro atoms. The molecular weight excluding hydrogens is 178 g/mol. The molecule has 2 N–H and O–H groups in total. The van der Waals surface area contributed by atoms with Gasteiger partial charge in [0.25, 0.3) is 0 Å². The molecule has 0 aliphatic heterocycles. The summed E-state index contributed by atoms with van der Waals surface area (Å²) in [5.74, 6) is 0. The Morgan fingerprint density at radius 1 is 1.50 bits per heavy atom. The smallest absolute Gasteiger partial charge is 0.0922 e. The number of hydrogen-bond donors (Lipinski definition) is 2. The Morgan fingerprint density at radius 2 is 2.43 bits per heavy atom. The molecule has 0 unspecified atom stereocenters. The lowest BCUT2D eigenvalue weighted by atomic mass is 10.3. The molecule has 0 saturated carbocycles. The number of hydrogen-bond acceptors (Lipinski definition) is 3. The molecule has 80 valence electrons. The summed E-state index contributed by atoms with van der Waals surface area (Å²) in [6, 6.07) is 0. The summed E-state index contributed by atoms with van der Waals surface area (Å²) < 4.78 is 5.24. The summed E-state index contributed by atoms with van der Waals surface area (Å²) in [6.45, 7) is 5.63. The molecule has 0 aliphatic carbocycles. The van der Waals surface area contributed by atoms with Crippen molar-refractivity contribution in [3.8, 4) is 0 Å². The van der Waals surface area contributed by atoms with Gasteiger partial charge in [-0.3, -0.25) is 0 Å². The summed E-state index contributed by atoms with van der Waals surface area (Å²) in [4.78, 5) is 7.00. The van der Waals surface area contributed by atoms with Gasteiger partial charge in [0.15, 0.2) is 0 Å². The molecule has 0 atom stereocenters. The number of aromatic amines is 1. The average molecular weight is 197 g/mol. The third-order valence-electron chi connectivity index (χ3n) is 1.97. The highest BCUT2D eigenvalue weighted by Crippen LogP contribution is 1.91. The van der Waals surface area contributed by atoms with Crippen molar-refractivity contribution in [3.63, 3.8) is 0 Å². The van der Waals surface area contributed by atoms with Crippen LogP contribution in [0.15, 0.2) is 12.5 Å². The van der Waals surface area contributed by atoms with Gasteiger partial charge in [-0.2, -0.15) is 0 Å². The third-order valence-corrected chi connectivity index (χ3v) is 1.97. The minimum absolute atomic E-state index is 0.821. The first-order chi connectivity index (χ1) is 6.93. The van der Waals surface area contributed by atoms with Gasteiger partial charge in [-0.1, -0.05) is 0 Å². The van der Waals surface area contributed by atoms with E-state index < -0.39 is 0 Å². The summed E-state index contributed by atoms with van der Waals surface area (Å²) in [6.07, 6.45) is 5.83. The Bertz CT molecular complexity index is 211. The minimum Gasteiger partial charge on any atom is -0.382 e. The molecule has 0 radical (unpaired) electrons. The molecule has 0 fully saturated rings. The molecular formula is C10H19N3O. The molecule has 1 rings (SSSR count). The SMILES string of the molecule is CCOCCCCNCc1cnc[nH]1. The van der Waals surface area contributed by atoms with Gasteiger partial charge in [0, 0.05) is 31.6 Å². The Labute approximate surface area is 85.1 Å². The predicted octanol–water partition coefficient (Wildman–Crippen LogP) is 1.32. The van der Waals surface area contributed by atoms with Gasteiger partial charge in [0.05, 0.1) is 6.33 Å². The molecule has 4 nitrogen and oxygen atoms in total. The fourth-order valence-electron chi connectivity index (χ4n) is 1.20. The van der Waals surface area contributed by atoms with Gasteiger partial charge in [0.2, 0.25) is 0 Å². The summed E-state index contributed by atoms with van der Waals surface area (Å²) in [5.41, 5.74) is 1.13. The fraction of sp³-hybridized carbons (Fsp3) is 0.700. The molecule has 1 heterocycles. The van der Waals surface area contributed by atoms with E-state index in [4.69, 9.17) is 4.74 Å². The lowest BCUT2D eigenvalue weighted by Crippen LogP contribution is -2.15. The fourth-order valence-corrected chi connectivity index (χ4v) is 1.20. The van der Waals surface area contributed by atoms with E-state index >= 15 is 0 Å². The number of nitrogens with zero attached hydrogens (tertiary/aromatic N) is 1. The van der Waals surface area contributed by atoms with Crippen molar-refractivity contribution in [2.75, 3.05) is 19.8 Å². The van der Waals surface area contributed by atoms with Crippen LogP contribution in [0.5, 0.6) is 0 Å². The van der Waals surface area contributed by atoms with Crippen LogP contribution in [0.1, 0.15) is 25.5 Å². The topological polar surface area (TPSA) is 49.9 Å². The van der Waals surface area contributed by atoms with Crippen LogP contribution in [0.25, 0.3) is 0 Å². The number of aromatic nitrogens is 2. The van der Waals surface area contributed by atoms with Crippen molar-refractivity contribution in [3.05, 3.63) is 18.2 Å². The monoisotopic (exact) mass is 197 g/mol. The Hall–Kier alpha value is -0.870. The molecule has 1 aromatic heterocycles. The quantitative estimate of drug-likeness (QED) is 0.618. The van der Waals surface area contributed by atoms with Crippen molar-refractivity contribution < 1.29 is 4.74 Å². The lowest BCUT2D eigenvalue weighted by Gasteiger charge is -2.03. The van der Waals surface area contributed by atoms with E-state index in [0.717, 1.165) is 44.8 Å². The van der Waals surface area contributed by atoms with Crippen LogP contribution in [0, 0.1) is 0 Å². The van der Waals surface area contributed by atoms with E-state index in [0.29, 0.717) is 0 Å². The Morgan fingerprint density at radius 3 is 3.14 bits per heavy atom. The second kappa shape index (κ2) is 7.53. The van der Waals surface area contributed by atoms with E-state index in [1.165, 1.54) is 0 Å². The van der Waals surface area contributed by atoms with Crippen LogP contribution in [-0.4, -0.2) is 29.7 Å². The maximum Gasteiger partial charge on any atom is 0.0922 e. The maximum atomic E-state index is 5.24. The summed E-state index contributed by atoms with van der Waals surface area (Å²) in [5, 5.41) is 3.34. The van der Waals surface area contributed by atoms with Gasteiger partial charge >= 0.3 is 0 Å². The molecule has 1 aromatic rings. The highest BCUT2D eigenvalue weighted by Gasteiger charge is 1.92. The predicted molar refractivity (Wildman–Crippen MR) is 56.0 cm³/mol. The van der Waals surface area contributed by atoms with Crippen molar-refractivity contribution in [2.45, 2.75) is 26.3 Å². The van der Waals surface area contributed by atoms with Gasteiger partial charge in [-0.05, 0) is 26.3 Å². The highest BCUT2D eigenvalue weighted by atomic mass is 16.5. The third kappa shape index (κ3) is 4.99. The van der Waals surface area contributed by atoms with E-state index in [9.17, 15) is 0 Å². The van der Waals surface area contributed by atoms with E-state index in [2.05, 4.69) is 15.3 Å². The van der Waals surface area contributed by atoms with Gasteiger partial charge < -0.3 is 15.0 Å². The van der Waals surface area contributed by atoms with Crippen molar-refractivity contribution in [2.24, 2.45) is 0 Å². The first kappa shape index (κ1) is 11.2. The van der Waals surface area contributed by atoms with E-state index in [-0.39, 0.29) is 0 Å². The number of unbranched alkanes of at least 4 members (excludes halogenated alkanes) is 1. The molecule has 0 aliphatic rings. The van der Waals surface area contributed by atoms with Crippen LogP contribution in [0.4, 0.5) is 0 Å². The Balaban J connectivity index is 1.85. The number of H-pyrrole nitrogens is 1. The molecule has 14 heavy (non-hydrogen) atoms. The zero-order valence-electron chi connectivity index (χ0n) is 8.75. The van der Waals surface area contributed by atoms with Crippen molar-refractivity contribution in [1.29, 1.82) is 0 Å². The van der Waals surface area contributed by atoms with Crippen LogP contribution in [-0.2, 0) is 11.3 Å². The zero-order valence-corrected chi connectivity index (χ0v) is 8.75. The number of ether oxygens (including phenoxy) is 1. The van der Waals surface area contributed by atoms with Gasteiger partial charge in [0.1, 0.15) is 0 Å². The zero-order chi connectivity index (χ0) is 10.1. The van der Waals surface area contributed by atoms with Crippen molar-refractivity contribution >= 4 is 0 Å². The van der Waals surface area contributed by atoms with E-state index in [1.54, 1.807) is 6.33 Å². The van der Waals surface area contributed by atoms with Gasteiger partial charge in [-0.15, -0.1) is 0 Å². The molecule has 4 heteroatoms. The summed E-state index contributed by atoms with van der Waals surface area (Å²) in [7, 11) is 0. The minimum atomic E-state index is 0.821. The largest absolute Gasteiger partial charge is 0.382 e. The summed E-state index contributed by atoms with van der Waals surface area (Å²) >= 11 is 0. The van der Waals surface area contributed by atoms with Crippen LogP contribution in [0.2, 0.25) is 0 Å². The number of rotatable bonds is 8. The standard InChI is InChI=1S/C10H19N3O/c1-2-14-6-4-3-5-11-7-10-8-12-9-13-10/h8-9,11H,2-7H2,1H3,(H,12,13). The first-order valence-corrected chi connectivity index (χ1v) is 5.19. The maximum absolute atomic E-state index is 5.24. The second-order valence-corrected chi connectivity index (χ2v) is 3.16. The molecule has 0 amide bonds. The highest BCUT2D eigenvalue weighted by molar-refractivity contribution is 4.92.